The highest BCUT2D eigenvalue weighted by Crippen LogP contribution is 2.22. The van der Waals surface area contributed by atoms with E-state index in [-0.39, 0.29) is 24.0 Å². The third-order valence-corrected chi connectivity index (χ3v) is 4.38. The van der Waals surface area contributed by atoms with Crippen LogP contribution in [0, 0.1) is 0 Å². The quantitative estimate of drug-likeness (QED) is 0.732. The molecule has 1 amide bonds. The number of carbonyl (C=O) groups is 2. The van der Waals surface area contributed by atoms with Gasteiger partial charge < -0.3 is 9.64 Å². The summed E-state index contributed by atoms with van der Waals surface area (Å²) in [6.45, 7) is 6.69. The van der Waals surface area contributed by atoms with Gasteiger partial charge in [0.25, 0.3) is 0 Å². The molecule has 2 atom stereocenters. The van der Waals surface area contributed by atoms with Crippen molar-refractivity contribution in [3.05, 3.63) is 0 Å². The number of ether oxygens (including phenoxy) is 1. The zero-order valence-corrected chi connectivity index (χ0v) is 12.6. The molecule has 0 bridgehead atoms. The average Bonchev–Trinajstić information content (AvgIpc) is 3.00. The first-order valence-corrected chi connectivity index (χ1v) is 7.86. The van der Waals surface area contributed by atoms with Gasteiger partial charge >= 0.3 is 5.97 Å². The largest absolute Gasteiger partial charge is 0.465 e. The Labute approximate surface area is 121 Å². The Morgan fingerprint density at radius 2 is 1.80 bits per heavy atom. The van der Waals surface area contributed by atoms with Gasteiger partial charge in [-0.25, -0.2) is 0 Å². The van der Waals surface area contributed by atoms with Crippen LogP contribution >= 0.6 is 0 Å². The first-order valence-electron chi connectivity index (χ1n) is 7.86. The summed E-state index contributed by atoms with van der Waals surface area (Å²) in [5, 5.41) is 0. The molecule has 2 unspecified atom stereocenters. The van der Waals surface area contributed by atoms with Gasteiger partial charge in [-0.15, -0.1) is 0 Å². The molecule has 5 nitrogen and oxygen atoms in total. The lowest BCUT2D eigenvalue weighted by Crippen LogP contribution is -2.55. The maximum absolute atomic E-state index is 12.5. The van der Waals surface area contributed by atoms with Crippen molar-refractivity contribution in [3.63, 3.8) is 0 Å². The molecule has 2 rings (SSSR count). The predicted molar refractivity (Wildman–Crippen MR) is 76.3 cm³/mol. The molecule has 114 valence electrons. The predicted octanol–water partition coefficient (Wildman–Crippen LogP) is 1.41. The zero-order chi connectivity index (χ0) is 14.5. The third kappa shape index (κ3) is 3.32. The lowest BCUT2D eigenvalue weighted by Gasteiger charge is -2.38. The molecule has 2 fully saturated rings. The second kappa shape index (κ2) is 7.07. The summed E-state index contributed by atoms with van der Waals surface area (Å²) in [6.07, 6.45) is 5.08. The van der Waals surface area contributed by atoms with E-state index in [2.05, 4.69) is 0 Å². The van der Waals surface area contributed by atoms with E-state index >= 15 is 0 Å². The van der Waals surface area contributed by atoms with Crippen LogP contribution in [0.2, 0.25) is 0 Å². The molecule has 20 heavy (non-hydrogen) atoms. The Morgan fingerprint density at radius 3 is 2.45 bits per heavy atom. The maximum Gasteiger partial charge on any atom is 0.323 e. The fraction of sp³-hybridized carbons (Fsp3) is 0.867. The topological polar surface area (TPSA) is 49.9 Å². The second-order valence-electron chi connectivity index (χ2n) is 5.71. The minimum absolute atomic E-state index is 0.165. The van der Waals surface area contributed by atoms with E-state index in [4.69, 9.17) is 4.74 Å². The number of piperidine rings is 1. The summed E-state index contributed by atoms with van der Waals surface area (Å²) in [4.78, 5) is 28.5. The number of esters is 1. The van der Waals surface area contributed by atoms with Gasteiger partial charge in [-0.2, -0.15) is 0 Å². The van der Waals surface area contributed by atoms with Crippen LogP contribution < -0.4 is 0 Å². The van der Waals surface area contributed by atoms with Crippen molar-refractivity contribution in [2.24, 2.45) is 0 Å². The highest BCUT2D eigenvalue weighted by atomic mass is 16.5. The van der Waals surface area contributed by atoms with Gasteiger partial charge in [-0.1, -0.05) is 6.42 Å². The summed E-state index contributed by atoms with van der Waals surface area (Å²) < 4.78 is 5.16. The second-order valence-corrected chi connectivity index (χ2v) is 5.71. The number of amides is 1. The minimum Gasteiger partial charge on any atom is -0.465 e. The van der Waals surface area contributed by atoms with Crippen LogP contribution in [0.3, 0.4) is 0 Å². The molecule has 0 aromatic heterocycles. The standard InChI is InChI=1S/C15H26N2O3/c1-3-20-15(19)13-8-4-5-11-17(13)12(2)14(18)16-9-6-7-10-16/h12-13H,3-11H2,1-2H3. The van der Waals surface area contributed by atoms with E-state index in [0.29, 0.717) is 6.61 Å². The van der Waals surface area contributed by atoms with Gasteiger partial charge in [0.2, 0.25) is 5.91 Å². The third-order valence-electron chi connectivity index (χ3n) is 4.38. The van der Waals surface area contributed by atoms with Crippen LogP contribution in [-0.4, -0.2) is 60.0 Å². The Hall–Kier alpha value is -1.10. The van der Waals surface area contributed by atoms with Crippen molar-refractivity contribution in [3.8, 4) is 0 Å². The molecular weight excluding hydrogens is 256 g/mol. The van der Waals surface area contributed by atoms with E-state index in [1.165, 1.54) is 0 Å². The van der Waals surface area contributed by atoms with E-state index < -0.39 is 0 Å². The van der Waals surface area contributed by atoms with Crippen LogP contribution in [0.1, 0.15) is 46.0 Å². The van der Waals surface area contributed by atoms with Gasteiger partial charge in [0.1, 0.15) is 6.04 Å². The van der Waals surface area contributed by atoms with E-state index in [1.54, 1.807) is 0 Å². The smallest absolute Gasteiger partial charge is 0.323 e. The van der Waals surface area contributed by atoms with Crippen molar-refractivity contribution >= 4 is 11.9 Å². The maximum atomic E-state index is 12.5. The van der Waals surface area contributed by atoms with Gasteiger partial charge in [-0.05, 0) is 46.1 Å². The van der Waals surface area contributed by atoms with Crippen molar-refractivity contribution in [1.82, 2.24) is 9.80 Å². The van der Waals surface area contributed by atoms with Crippen molar-refractivity contribution in [1.29, 1.82) is 0 Å². The molecule has 2 heterocycles. The van der Waals surface area contributed by atoms with Crippen LogP contribution in [0.5, 0.6) is 0 Å². The number of carbonyl (C=O) groups excluding carboxylic acids is 2. The van der Waals surface area contributed by atoms with Crippen LogP contribution in [0.4, 0.5) is 0 Å². The van der Waals surface area contributed by atoms with Crippen molar-refractivity contribution < 1.29 is 14.3 Å². The number of hydrogen-bond acceptors (Lipinski definition) is 4. The molecule has 2 saturated heterocycles. The summed E-state index contributed by atoms with van der Waals surface area (Å²) in [7, 11) is 0. The monoisotopic (exact) mass is 282 g/mol. The minimum atomic E-state index is -0.245. The summed E-state index contributed by atoms with van der Waals surface area (Å²) in [5.74, 6) is -0.00743. The molecular formula is C15H26N2O3. The molecule has 5 heteroatoms. The van der Waals surface area contributed by atoms with Crippen LogP contribution in [0.25, 0.3) is 0 Å². The Morgan fingerprint density at radius 1 is 1.15 bits per heavy atom. The highest BCUT2D eigenvalue weighted by Gasteiger charge is 2.37. The first kappa shape index (κ1) is 15.3. The van der Waals surface area contributed by atoms with Crippen molar-refractivity contribution in [2.75, 3.05) is 26.2 Å². The Kier molecular flexibility index (Phi) is 5.40. The number of nitrogens with zero attached hydrogens (tertiary/aromatic N) is 2. The molecule has 0 spiro atoms. The lowest BCUT2D eigenvalue weighted by molar-refractivity contribution is -0.154. The summed E-state index contributed by atoms with van der Waals surface area (Å²) in [6, 6.07) is -0.465. The number of hydrogen-bond donors (Lipinski definition) is 0. The molecule has 0 radical (unpaired) electrons. The zero-order valence-electron chi connectivity index (χ0n) is 12.6. The fourth-order valence-electron chi connectivity index (χ4n) is 3.25. The van der Waals surface area contributed by atoms with Crippen LogP contribution in [-0.2, 0) is 14.3 Å². The summed E-state index contributed by atoms with van der Waals surface area (Å²) >= 11 is 0. The SMILES string of the molecule is CCOC(=O)C1CCCCN1C(C)C(=O)N1CCCC1. The normalized spacial score (nSPS) is 25.5. The lowest BCUT2D eigenvalue weighted by atomic mass is 9.99. The number of likely N-dealkylation sites (tertiary alicyclic amines) is 2. The highest BCUT2D eigenvalue weighted by molar-refractivity contribution is 5.83. The van der Waals surface area contributed by atoms with Gasteiger partial charge in [0, 0.05) is 13.1 Å². The molecule has 0 aliphatic carbocycles. The molecule has 2 aliphatic heterocycles. The molecule has 0 aromatic carbocycles. The van der Waals surface area contributed by atoms with E-state index in [0.717, 1.165) is 51.7 Å². The van der Waals surface area contributed by atoms with E-state index in [1.807, 2.05) is 23.6 Å². The van der Waals surface area contributed by atoms with Gasteiger partial charge in [0.15, 0.2) is 0 Å². The van der Waals surface area contributed by atoms with Gasteiger partial charge in [-0.3, -0.25) is 14.5 Å². The molecule has 0 N–H and O–H groups in total. The Balaban J connectivity index is 2.02. The molecule has 0 saturated carbocycles. The molecule has 0 aromatic rings. The average molecular weight is 282 g/mol. The molecule has 2 aliphatic rings. The Bertz CT molecular complexity index is 353. The fourth-order valence-corrected chi connectivity index (χ4v) is 3.25. The van der Waals surface area contributed by atoms with E-state index in [9.17, 15) is 9.59 Å². The van der Waals surface area contributed by atoms with Crippen molar-refractivity contribution in [2.45, 2.75) is 58.0 Å². The van der Waals surface area contributed by atoms with Gasteiger partial charge in [0.05, 0.1) is 12.6 Å². The summed E-state index contributed by atoms with van der Waals surface area (Å²) in [5.41, 5.74) is 0. The number of rotatable bonds is 4. The van der Waals surface area contributed by atoms with Crippen LogP contribution in [0.15, 0.2) is 0 Å². The first-order chi connectivity index (χ1) is 9.65.